The summed E-state index contributed by atoms with van der Waals surface area (Å²) in [5, 5.41) is 0. The van der Waals surface area contributed by atoms with Gasteiger partial charge in [-0.3, -0.25) is 19.3 Å². The molecule has 0 aromatic heterocycles. The zero-order chi connectivity index (χ0) is 21.8. The second kappa shape index (κ2) is 9.78. The first-order valence-electron chi connectivity index (χ1n) is 11.3. The van der Waals surface area contributed by atoms with E-state index in [1.54, 1.807) is 24.3 Å². The zero-order valence-corrected chi connectivity index (χ0v) is 18.1. The molecule has 31 heavy (non-hydrogen) atoms. The molecule has 0 aliphatic carbocycles. The summed E-state index contributed by atoms with van der Waals surface area (Å²) in [6.45, 7) is 6.50. The molecule has 0 unspecified atom stereocenters. The van der Waals surface area contributed by atoms with Gasteiger partial charge in [0.05, 0.1) is 38.0 Å². The van der Waals surface area contributed by atoms with E-state index in [0.29, 0.717) is 51.7 Å². The molecule has 3 amide bonds. The minimum Gasteiger partial charge on any atom is -0.494 e. The summed E-state index contributed by atoms with van der Waals surface area (Å²) in [7, 11) is 0. The molecule has 4 rings (SSSR count). The third-order valence-electron chi connectivity index (χ3n) is 6.33. The van der Waals surface area contributed by atoms with Crippen molar-refractivity contribution in [1.82, 2.24) is 9.80 Å². The van der Waals surface area contributed by atoms with E-state index in [4.69, 9.17) is 9.47 Å². The van der Waals surface area contributed by atoms with Gasteiger partial charge in [0.15, 0.2) is 0 Å². The van der Waals surface area contributed by atoms with E-state index >= 15 is 0 Å². The minimum absolute atomic E-state index is 0.00618. The lowest BCUT2D eigenvalue weighted by molar-refractivity contribution is -0.141. The summed E-state index contributed by atoms with van der Waals surface area (Å²) in [4.78, 5) is 43.7. The third-order valence-corrected chi connectivity index (χ3v) is 6.33. The van der Waals surface area contributed by atoms with Crippen LogP contribution in [0.25, 0.3) is 0 Å². The molecule has 3 aliphatic rings. The van der Waals surface area contributed by atoms with Gasteiger partial charge >= 0.3 is 0 Å². The van der Waals surface area contributed by atoms with E-state index in [0.717, 1.165) is 25.0 Å². The van der Waals surface area contributed by atoms with Crippen LogP contribution in [-0.4, -0.2) is 79.6 Å². The van der Waals surface area contributed by atoms with E-state index in [1.807, 2.05) is 11.8 Å². The lowest BCUT2D eigenvalue weighted by atomic mass is 9.94. The van der Waals surface area contributed by atoms with Gasteiger partial charge in [-0.05, 0) is 56.6 Å². The number of rotatable bonds is 6. The first-order valence-corrected chi connectivity index (χ1v) is 11.3. The zero-order valence-electron chi connectivity index (χ0n) is 18.1. The molecule has 0 saturated carbocycles. The Bertz CT molecular complexity index is 798. The number of carbonyl (C=O) groups excluding carboxylic acids is 3. The van der Waals surface area contributed by atoms with Crippen LogP contribution in [0.5, 0.6) is 5.75 Å². The lowest BCUT2D eigenvalue weighted by Crippen LogP contribution is -2.50. The first kappa shape index (κ1) is 21.8. The maximum absolute atomic E-state index is 13.1. The smallest absolute Gasteiger partial charge is 0.251 e. The number of hydrogen-bond donors (Lipinski definition) is 0. The molecule has 8 heteroatoms. The highest BCUT2D eigenvalue weighted by molar-refractivity contribution is 6.22. The molecule has 3 fully saturated rings. The number of imide groups is 1. The number of anilines is 1. The number of piperidine rings is 1. The van der Waals surface area contributed by atoms with Crippen LogP contribution in [0, 0.1) is 5.92 Å². The molecule has 0 spiro atoms. The number of amides is 3. The van der Waals surface area contributed by atoms with Crippen LogP contribution in [0.2, 0.25) is 0 Å². The number of hydrogen-bond acceptors (Lipinski definition) is 6. The molecule has 8 nitrogen and oxygen atoms in total. The fourth-order valence-corrected chi connectivity index (χ4v) is 4.58. The minimum atomic E-state index is -0.442. The lowest BCUT2D eigenvalue weighted by Gasteiger charge is -2.37. The highest BCUT2D eigenvalue weighted by Crippen LogP contribution is 2.30. The van der Waals surface area contributed by atoms with E-state index < -0.39 is 6.04 Å². The van der Waals surface area contributed by atoms with Crippen molar-refractivity contribution in [3.05, 3.63) is 24.3 Å². The summed E-state index contributed by atoms with van der Waals surface area (Å²) in [6.07, 6.45) is 2.55. The van der Waals surface area contributed by atoms with Crippen LogP contribution in [0.15, 0.2) is 24.3 Å². The number of ether oxygens (including phenoxy) is 2. The number of carbonyl (C=O) groups is 3. The van der Waals surface area contributed by atoms with Crippen LogP contribution in [-0.2, 0) is 19.1 Å². The van der Waals surface area contributed by atoms with Crippen molar-refractivity contribution in [1.29, 1.82) is 0 Å². The molecule has 3 heterocycles. The van der Waals surface area contributed by atoms with Crippen molar-refractivity contribution >= 4 is 23.4 Å². The monoisotopic (exact) mass is 429 g/mol. The molecule has 0 N–H and O–H groups in total. The molecule has 1 aromatic rings. The van der Waals surface area contributed by atoms with Crippen molar-refractivity contribution in [3.63, 3.8) is 0 Å². The maximum atomic E-state index is 13.1. The summed E-state index contributed by atoms with van der Waals surface area (Å²) < 4.78 is 10.9. The van der Waals surface area contributed by atoms with Crippen molar-refractivity contribution in [3.8, 4) is 5.75 Å². The van der Waals surface area contributed by atoms with Gasteiger partial charge in [-0.15, -0.1) is 0 Å². The van der Waals surface area contributed by atoms with Gasteiger partial charge in [0, 0.05) is 19.0 Å². The van der Waals surface area contributed by atoms with Gasteiger partial charge in [-0.2, -0.15) is 0 Å². The molecule has 0 radical (unpaired) electrons. The van der Waals surface area contributed by atoms with E-state index in [-0.39, 0.29) is 30.1 Å². The largest absolute Gasteiger partial charge is 0.494 e. The van der Waals surface area contributed by atoms with Crippen LogP contribution in [0.3, 0.4) is 0 Å². The summed E-state index contributed by atoms with van der Waals surface area (Å²) >= 11 is 0. The van der Waals surface area contributed by atoms with E-state index in [9.17, 15) is 14.4 Å². The Labute approximate surface area is 183 Å². The average molecular weight is 430 g/mol. The second-order valence-corrected chi connectivity index (χ2v) is 8.38. The normalized spacial score (nSPS) is 23.5. The summed E-state index contributed by atoms with van der Waals surface area (Å²) in [5.74, 6) is 0.569. The van der Waals surface area contributed by atoms with Crippen LogP contribution in [0.4, 0.5) is 5.69 Å². The van der Waals surface area contributed by atoms with Crippen molar-refractivity contribution in [2.75, 3.05) is 50.9 Å². The average Bonchev–Trinajstić information content (AvgIpc) is 3.12. The molecule has 168 valence electrons. The van der Waals surface area contributed by atoms with E-state index in [1.165, 1.54) is 4.90 Å². The van der Waals surface area contributed by atoms with Gasteiger partial charge in [-0.1, -0.05) is 6.92 Å². The Morgan fingerprint density at radius 2 is 1.74 bits per heavy atom. The fraction of sp³-hybridized carbons (Fsp3) is 0.609. The number of likely N-dealkylation sites (tertiary alicyclic amines) is 1. The highest BCUT2D eigenvalue weighted by atomic mass is 16.5. The molecule has 0 bridgehead atoms. The quantitative estimate of drug-likeness (QED) is 0.640. The van der Waals surface area contributed by atoms with Crippen LogP contribution >= 0.6 is 0 Å². The van der Waals surface area contributed by atoms with Gasteiger partial charge in [0.25, 0.3) is 5.91 Å². The van der Waals surface area contributed by atoms with Gasteiger partial charge in [-0.25, -0.2) is 4.90 Å². The van der Waals surface area contributed by atoms with Crippen LogP contribution in [0.1, 0.15) is 32.6 Å². The Morgan fingerprint density at radius 3 is 2.39 bits per heavy atom. The number of benzene rings is 1. The molecule has 1 atom stereocenters. The van der Waals surface area contributed by atoms with Crippen molar-refractivity contribution in [2.45, 2.75) is 38.6 Å². The second-order valence-electron chi connectivity index (χ2n) is 8.38. The molecular formula is C23H31N3O5. The number of nitrogens with zero attached hydrogens (tertiary/aromatic N) is 3. The maximum Gasteiger partial charge on any atom is 0.251 e. The Balaban J connectivity index is 1.34. The predicted octanol–water partition coefficient (Wildman–Crippen LogP) is 1.68. The number of morpholine rings is 1. The van der Waals surface area contributed by atoms with Crippen molar-refractivity contribution < 1.29 is 23.9 Å². The molecular weight excluding hydrogens is 398 g/mol. The highest BCUT2D eigenvalue weighted by Gasteiger charge is 2.44. The standard InChI is InChI=1S/C23H31N3O5/c1-2-13-31-19-5-3-18(4-6-19)26-21(27)16-20(23(26)29)24-9-7-17(8-10-24)22(28)25-11-14-30-15-12-25/h3-6,17,20H,2,7-16H2,1H3/t20-/m0/s1. The van der Waals surface area contributed by atoms with E-state index in [2.05, 4.69) is 4.90 Å². The predicted molar refractivity (Wildman–Crippen MR) is 115 cm³/mol. The van der Waals surface area contributed by atoms with Crippen molar-refractivity contribution in [2.24, 2.45) is 5.92 Å². The first-order chi connectivity index (χ1) is 15.1. The molecule has 3 aliphatic heterocycles. The Morgan fingerprint density at radius 1 is 1.06 bits per heavy atom. The van der Waals surface area contributed by atoms with Gasteiger partial charge < -0.3 is 14.4 Å². The Kier molecular flexibility index (Phi) is 6.87. The molecule has 1 aromatic carbocycles. The SMILES string of the molecule is CCCOc1ccc(N2C(=O)C[C@H](N3CCC(C(=O)N4CCOCC4)CC3)C2=O)cc1. The topological polar surface area (TPSA) is 79.4 Å². The molecule has 3 saturated heterocycles. The van der Waals surface area contributed by atoms with Gasteiger partial charge in [0.1, 0.15) is 5.75 Å². The van der Waals surface area contributed by atoms with Crippen LogP contribution < -0.4 is 9.64 Å². The summed E-state index contributed by atoms with van der Waals surface area (Å²) in [6, 6.07) is 6.67. The van der Waals surface area contributed by atoms with Gasteiger partial charge in [0.2, 0.25) is 11.8 Å². The summed E-state index contributed by atoms with van der Waals surface area (Å²) in [5.41, 5.74) is 0.582. The Hall–Kier alpha value is -2.45. The fourth-order valence-electron chi connectivity index (χ4n) is 4.58. The third kappa shape index (κ3) is 4.75.